The third-order valence-electron chi connectivity index (χ3n) is 4.83. The van der Waals surface area contributed by atoms with E-state index >= 15 is 0 Å². The molecule has 0 fully saturated rings. The van der Waals surface area contributed by atoms with Crippen molar-refractivity contribution >= 4 is 28.0 Å². The summed E-state index contributed by atoms with van der Waals surface area (Å²) >= 11 is 0. The van der Waals surface area contributed by atoms with E-state index in [1.807, 2.05) is 13.8 Å². The van der Waals surface area contributed by atoms with Crippen LogP contribution in [0.1, 0.15) is 31.0 Å². The summed E-state index contributed by atoms with van der Waals surface area (Å²) in [6.07, 6.45) is 0.553. The fourth-order valence-corrected chi connectivity index (χ4v) is 3.59. The SMILES string of the molecule is CC(C)c1c(CC(F)(F)C(=O)O)c2nc3[nH]ncc3cc2n1-c1ccc(F)cc1. The van der Waals surface area contributed by atoms with Gasteiger partial charge < -0.3 is 9.67 Å². The summed E-state index contributed by atoms with van der Waals surface area (Å²) in [5, 5.41) is 16.3. The van der Waals surface area contributed by atoms with Crippen LogP contribution < -0.4 is 0 Å². The summed E-state index contributed by atoms with van der Waals surface area (Å²) in [6, 6.07) is 7.39. The molecule has 0 amide bonds. The predicted molar refractivity (Wildman–Crippen MR) is 101 cm³/mol. The van der Waals surface area contributed by atoms with E-state index in [0.29, 0.717) is 27.9 Å². The summed E-state index contributed by atoms with van der Waals surface area (Å²) in [5.41, 5.74) is 2.39. The van der Waals surface area contributed by atoms with E-state index in [-0.39, 0.29) is 17.0 Å². The number of pyridine rings is 1. The van der Waals surface area contributed by atoms with Crippen LogP contribution in [0, 0.1) is 5.82 Å². The normalized spacial score (nSPS) is 12.3. The van der Waals surface area contributed by atoms with Gasteiger partial charge in [0.15, 0.2) is 5.65 Å². The molecule has 1 aromatic carbocycles. The lowest BCUT2D eigenvalue weighted by atomic mass is 9.99. The van der Waals surface area contributed by atoms with Crippen LogP contribution in [-0.2, 0) is 11.2 Å². The lowest BCUT2D eigenvalue weighted by molar-refractivity contribution is -0.164. The van der Waals surface area contributed by atoms with Gasteiger partial charge in [-0.3, -0.25) is 5.10 Å². The highest BCUT2D eigenvalue weighted by Gasteiger charge is 2.41. The second-order valence-electron chi connectivity index (χ2n) is 7.18. The Morgan fingerprint density at radius 2 is 1.97 bits per heavy atom. The Hall–Kier alpha value is -3.36. The number of alkyl halides is 2. The van der Waals surface area contributed by atoms with Gasteiger partial charge in [0, 0.05) is 22.3 Å². The van der Waals surface area contributed by atoms with Gasteiger partial charge in [-0.15, -0.1) is 0 Å². The van der Waals surface area contributed by atoms with Crippen LogP contribution in [0.15, 0.2) is 36.5 Å². The van der Waals surface area contributed by atoms with E-state index in [2.05, 4.69) is 15.2 Å². The zero-order valence-corrected chi connectivity index (χ0v) is 15.6. The van der Waals surface area contributed by atoms with Crippen molar-refractivity contribution in [3.63, 3.8) is 0 Å². The molecule has 6 nitrogen and oxygen atoms in total. The molecule has 0 unspecified atom stereocenters. The maximum absolute atomic E-state index is 14.2. The third kappa shape index (κ3) is 3.12. The highest BCUT2D eigenvalue weighted by molar-refractivity contribution is 5.93. The van der Waals surface area contributed by atoms with Crippen molar-refractivity contribution < 1.29 is 23.1 Å². The summed E-state index contributed by atoms with van der Waals surface area (Å²) in [7, 11) is 0. The lowest BCUT2D eigenvalue weighted by Gasteiger charge is -2.17. The van der Waals surface area contributed by atoms with Gasteiger partial charge in [-0.2, -0.15) is 13.9 Å². The van der Waals surface area contributed by atoms with E-state index in [9.17, 15) is 18.0 Å². The molecule has 0 spiro atoms. The summed E-state index contributed by atoms with van der Waals surface area (Å²) in [5.74, 6) is -6.82. The number of hydrogen-bond donors (Lipinski definition) is 2. The average molecular weight is 402 g/mol. The van der Waals surface area contributed by atoms with Crippen LogP contribution in [0.3, 0.4) is 0 Å². The average Bonchev–Trinajstić information content (AvgIpc) is 3.22. The molecule has 3 aromatic heterocycles. The molecule has 3 heterocycles. The second kappa shape index (κ2) is 6.61. The van der Waals surface area contributed by atoms with Gasteiger partial charge in [0.1, 0.15) is 5.82 Å². The smallest absolute Gasteiger partial charge is 0.374 e. The first-order chi connectivity index (χ1) is 13.7. The molecule has 0 bridgehead atoms. The molecular formula is C20H17F3N4O2. The molecular weight excluding hydrogens is 385 g/mol. The van der Waals surface area contributed by atoms with Crippen molar-refractivity contribution in [2.24, 2.45) is 0 Å². The number of carboxylic acid groups (broad SMARTS) is 1. The van der Waals surface area contributed by atoms with Crippen molar-refractivity contribution in [1.29, 1.82) is 0 Å². The van der Waals surface area contributed by atoms with E-state index in [4.69, 9.17) is 5.11 Å². The predicted octanol–water partition coefficient (Wildman–Crippen LogP) is 4.43. The first-order valence-electron chi connectivity index (χ1n) is 8.93. The van der Waals surface area contributed by atoms with E-state index in [1.54, 1.807) is 29.0 Å². The molecule has 150 valence electrons. The minimum Gasteiger partial charge on any atom is -0.477 e. The Bertz CT molecular complexity index is 1230. The number of aromatic amines is 1. The van der Waals surface area contributed by atoms with Crippen molar-refractivity contribution in [2.75, 3.05) is 0 Å². The Labute approximate surface area is 163 Å². The molecule has 0 saturated carbocycles. The van der Waals surface area contributed by atoms with Crippen LogP contribution >= 0.6 is 0 Å². The Morgan fingerprint density at radius 3 is 2.59 bits per heavy atom. The quantitative estimate of drug-likeness (QED) is 0.517. The zero-order chi connectivity index (χ0) is 20.9. The van der Waals surface area contributed by atoms with Gasteiger partial charge in [0.05, 0.1) is 23.7 Å². The van der Waals surface area contributed by atoms with Crippen LogP contribution in [0.5, 0.6) is 0 Å². The number of hydrogen-bond acceptors (Lipinski definition) is 3. The molecule has 29 heavy (non-hydrogen) atoms. The Morgan fingerprint density at radius 1 is 1.28 bits per heavy atom. The summed E-state index contributed by atoms with van der Waals surface area (Å²) < 4.78 is 43.6. The largest absolute Gasteiger partial charge is 0.477 e. The zero-order valence-electron chi connectivity index (χ0n) is 15.6. The highest BCUT2D eigenvalue weighted by atomic mass is 19.3. The number of aromatic nitrogens is 4. The Balaban J connectivity index is 2.10. The molecule has 4 aromatic rings. The number of fused-ring (bicyclic) bond motifs is 2. The van der Waals surface area contributed by atoms with Gasteiger partial charge in [-0.25, -0.2) is 14.2 Å². The van der Waals surface area contributed by atoms with Crippen LogP contribution in [-0.4, -0.2) is 36.7 Å². The molecule has 4 rings (SSSR count). The topological polar surface area (TPSA) is 83.8 Å². The van der Waals surface area contributed by atoms with Gasteiger partial charge >= 0.3 is 11.9 Å². The first-order valence-corrected chi connectivity index (χ1v) is 8.93. The second-order valence-corrected chi connectivity index (χ2v) is 7.18. The van der Waals surface area contributed by atoms with Crippen molar-refractivity contribution in [3.05, 3.63) is 53.6 Å². The number of carbonyl (C=O) groups is 1. The fraction of sp³-hybridized carbons (Fsp3) is 0.250. The van der Waals surface area contributed by atoms with Crippen LogP contribution in [0.4, 0.5) is 13.2 Å². The van der Waals surface area contributed by atoms with E-state index in [0.717, 1.165) is 0 Å². The molecule has 0 aliphatic rings. The number of H-pyrrole nitrogens is 1. The monoisotopic (exact) mass is 402 g/mol. The van der Waals surface area contributed by atoms with Gasteiger partial charge in [-0.1, -0.05) is 13.8 Å². The number of aliphatic carboxylic acids is 1. The van der Waals surface area contributed by atoms with E-state index < -0.39 is 24.1 Å². The van der Waals surface area contributed by atoms with Gasteiger partial charge in [0.25, 0.3) is 0 Å². The van der Waals surface area contributed by atoms with Crippen LogP contribution in [0.2, 0.25) is 0 Å². The molecule has 0 aliphatic heterocycles. The standard InChI is InChI=1S/C20H17F3N4O2/c1-10(2)17-14(8-20(22,23)19(28)29)16-15(7-11-9-24-26-18(11)25-16)27(17)13-5-3-12(21)4-6-13/h3-7,9-10H,8H2,1-2H3,(H,28,29)(H,24,25,26). The molecule has 2 N–H and O–H groups in total. The summed E-state index contributed by atoms with van der Waals surface area (Å²) in [4.78, 5) is 15.5. The maximum atomic E-state index is 14.2. The van der Waals surface area contributed by atoms with Crippen molar-refractivity contribution in [3.8, 4) is 5.69 Å². The van der Waals surface area contributed by atoms with Crippen LogP contribution in [0.25, 0.3) is 27.8 Å². The van der Waals surface area contributed by atoms with Crippen molar-refractivity contribution in [1.82, 2.24) is 19.7 Å². The number of halogens is 3. The molecule has 0 radical (unpaired) electrons. The lowest BCUT2D eigenvalue weighted by Crippen LogP contribution is -2.31. The number of rotatable bonds is 5. The first kappa shape index (κ1) is 19.0. The molecule has 0 atom stereocenters. The number of nitrogens with zero attached hydrogens (tertiary/aromatic N) is 3. The molecule has 0 aliphatic carbocycles. The number of benzene rings is 1. The van der Waals surface area contributed by atoms with Gasteiger partial charge in [0.2, 0.25) is 0 Å². The molecule has 0 saturated heterocycles. The third-order valence-corrected chi connectivity index (χ3v) is 4.83. The minimum atomic E-state index is -3.96. The minimum absolute atomic E-state index is 0.142. The number of nitrogens with one attached hydrogen (secondary N) is 1. The van der Waals surface area contributed by atoms with Crippen molar-refractivity contribution in [2.45, 2.75) is 32.1 Å². The maximum Gasteiger partial charge on any atom is 0.374 e. The fourth-order valence-electron chi connectivity index (χ4n) is 3.59. The summed E-state index contributed by atoms with van der Waals surface area (Å²) in [6.45, 7) is 3.65. The Kier molecular flexibility index (Phi) is 4.33. The van der Waals surface area contributed by atoms with E-state index in [1.165, 1.54) is 12.1 Å². The highest BCUT2D eigenvalue weighted by Crippen LogP contribution is 2.37. The van der Waals surface area contributed by atoms with Gasteiger partial charge in [-0.05, 0) is 36.2 Å². The number of carboxylic acids is 1. The molecule has 9 heteroatoms.